The fourth-order valence-electron chi connectivity index (χ4n) is 9.34. The van der Waals surface area contributed by atoms with E-state index in [1.165, 1.54) is 78.3 Å². The average molecular weight is 553 g/mol. The van der Waals surface area contributed by atoms with Crippen LogP contribution in [0.2, 0.25) is 0 Å². The van der Waals surface area contributed by atoms with Crippen LogP contribution in [0, 0.1) is 0 Å². The number of para-hydroxylation sites is 2. The number of hydrogen-bond donors (Lipinski definition) is 0. The van der Waals surface area contributed by atoms with Gasteiger partial charge in [0.05, 0.1) is 28.4 Å². The molecule has 43 heavy (non-hydrogen) atoms. The lowest BCUT2D eigenvalue weighted by Crippen LogP contribution is -2.76. The molecule has 5 nitrogen and oxygen atoms in total. The minimum Gasteiger partial charge on any atom is -0.404 e. The predicted octanol–water partition coefficient (Wildman–Crippen LogP) is 7.48. The summed E-state index contributed by atoms with van der Waals surface area (Å²) in [7, 11) is 0. The van der Waals surface area contributed by atoms with E-state index in [0.29, 0.717) is 0 Å². The fraction of sp³-hybridized carbons (Fsp3) is 0.105. The zero-order chi connectivity index (χ0) is 28.0. The van der Waals surface area contributed by atoms with Crippen LogP contribution in [-0.4, -0.2) is 4.57 Å². The van der Waals surface area contributed by atoms with E-state index in [4.69, 9.17) is 4.74 Å². The first-order valence-corrected chi connectivity index (χ1v) is 15.1. The van der Waals surface area contributed by atoms with Crippen molar-refractivity contribution < 1.29 is 13.9 Å². The van der Waals surface area contributed by atoms with Crippen LogP contribution in [0.1, 0.15) is 36.1 Å². The van der Waals surface area contributed by atoms with Gasteiger partial charge in [-0.05, 0) is 54.6 Å². The van der Waals surface area contributed by atoms with Gasteiger partial charge < -0.3 is 9.30 Å². The average Bonchev–Trinajstić information content (AvgIpc) is 3.54. The zero-order valence-corrected chi connectivity index (χ0v) is 23.6. The molecule has 0 saturated carbocycles. The predicted molar refractivity (Wildman–Crippen MR) is 165 cm³/mol. The van der Waals surface area contributed by atoms with Crippen LogP contribution in [0.3, 0.4) is 0 Å². The molecule has 0 radical (unpaired) electrons. The Morgan fingerprint density at radius 3 is 2.35 bits per heavy atom. The number of nitrogens with zero attached hydrogens (tertiary/aromatic N) is 4. The second kappa shape index (κ2) is 6.32. The van der Waals surface area contributed by atoms with Crippen LogP contribution in [0.5, 0.6) is 11.6 Å². The molecule has 8 heterocycles. The summed E-state index contributed by atoms with van der Waals surface area (Å²) in [5, 5.41) is 2.53. The molecule has 7 aromatic rings. The van der Waals surface area contributed by atoms with E-state index >= 15 is 0 Å². The summed E-state index contributed by atoms with van der Waals surface area (Å²) in [5.41, 5.74) is 12.9. The topological polar surface area (TPSA) is 25.2 Å². The molecular weight excluding hydrogens is 528 g/mol. The number of aromatic nitrogens is 3. The third-order valence-corrected chi connectivity index (χ3v) is 10.9. The molecule has 0 amide bonds. The molecule has 5 aliphatic heterocycles. The Balaban J connectivity index is 1.42. The van der Waals surface area contributed by atoms with E-state index in [1.54, 1.807) is 0 Å². The van der Waals surface area contributed by atoms with Gasteiger partial charge in [0.25, 0.3) is 11.5 Å². The first-order chi connectivity index (χ1) is 21.1. The van der Waals surface area contributed by atoms with E-state index in [-0.39, 0.29) is 5.41 Å². The molecule has 200 valence electrons. The van der Waals surface area contributed by atoms with Crippen molar-refractivity contribution in [1.29, 1.82) is 0 Å². The van der Waals surface area contributed by atoms with Gasteiger partial charge in [-0.15, -0.1) is 9.13 Å². The Labute approximate surface area is 247 Å². The third-order valence-electron chi connectivity index (χ3n) is 10.9. The molecule has 12 rings (SSSR count). The van der Waals surface area contributed by atoms with Crippen LogP contribution < -0.4 is 18.8 Å². The van der Waals surface area contributed by atoms with E-state index in [9.17, 15) is 0 Å². The van der Waals surface area contributed by atoms with Gasteiger partial charge in [-0.3, -0.25) is 0 Å². The van der Waals surface area contributed by atoms with E-state index < -0.39 is 5.66 Å². The smallest absolute Gasteiger partial charge is 0.378 e. The Morgan fingerprint density at radius 1 is 0.605 bits per heavy atom. The van der Waals surface area contributed by atoms with Gasteiger partial charge in [-0.1, -0.05) is 56.3 Å². The molecule has 1 spiro atoms. The lowest BCUT2D eigenvalue weighted by Gasteiger charge is -2.44. The van der Waals surface area contributed by atoms with Gasteiger partial charge in [0.1, 0.15) is 16.8 Å². The number of ether oxygens (including phenoxy) is 1. The highest BCUT2D eigenvalue weighted by atomic mass is 16.5. The van der Waals surface area contributed by atoms with Crippen LogP contribution in [0.4, 0.5) is 17.2 Å². The molecule has 0 N–H and O–H groups in total. The maximum absolute atomic E-state index is 6.85. The van der Waals surface area contributed by atoms with Crippen LogP contribution in [0.15, 0.2) is 109 Å². The number of fused-ring (bicyclic) bond motifs is 8. The number of rotatable bonds is 0. The lowest BCUT2D eigenvalue weighted by molar-refractivity contribution is -0.936. The van der Waals surface area contributed by atoms with Crippen molar-refractivity contribution in [1.82, 2.24) is 4.57 Å². The normalized spacial score (nSPS) is 19.3. The van der Waals surface area contributed by atoms with Gasteiger partial charge in [0.15, 0.2) is 11.4 Å². The number of anilines is 3. The summed E-state index contributed by atoms with van der Waals surface area (Å²) >= 11 is 0. The highest BCUT2D eigenvalue weighted by Gasteiger charge is 2.73. The van der Waals surface area contributed by atoms with Crippen molar-refractivity contribution in [2.24, 2.45) is 0 Å². The third kappa shape index (κ3) is 1.93. The van der Waals surface area contributed by atoms with Crippen LogP contribution in [-0.2, 0) is 11.1 Å². The molecule has 0 bridgehead atoms. The van der Waals surface area contributed by atoms with E-state index in [1.807, 2.05) is 0 Å². The van der Waals surface area contributed by atoms with Gasteiger partial charge in [-0.2, -0.15) is 4.90 Å². The maximum atomic E-state index is 6.85. The van der Waals surface area contributed by atoms with E-state index in [2.05, 4.69) is 142 Å². The minimum atomic E-state index is -0.630. The molecule has 1 atom stereocenters. The lowest BCUT2D eigenvalue weighted by atomic mass is 9.72. The highest BCUT2D eigenvalue weighted by Crippen LogP contribution is 2.62. The van der Waals surface area contributed by atoms with Crippen LogP contribution in [0.25, 0.3) is 38.9 Å². The minimum absolute atomic E-state index is 0.179. The Morgan fingerprint density at radius 2 is 1.40 bits per heavy atom. The summed E-state index contributed by atoms with van der Waals surface area (Å²) in [5.74, 6) is 3.04. The van der Waals surface area contributed by atoms with Crippen molar-refractivity contribution in [3.05, 3.63) is 131 Å². The van der Waals surface area contributed by atoms with E-state index in [0.717, 1.165) is 11.6 Å². The summed E-state index contributed by atoms with van der Waals surface area (Å²) in [6.07, 6.45) is 0. The monoisotopic (exact) mass is 552 g/mol. The maximum Gasteiger partial charge on any atom is 0.378 e. The SMILES string of the molecule is CC1(C)c2ccccc2N2c3cccc4c3C35c6c(ccc7c8ccccc8n-4c67)Oc4cccc([n+]43)-c3ccc1c2[n+]35. The summed E-state index contributed by atoms with van der Waals surface area (Å²) in [6, 6.07) is 40.4. The summed E-state index contributed by atoms with van der Waals surface area (Å²) in [4.78, 5) is 2.54. The molecule has 0 fully saturated rings. The fourth-order valence-corrected chi connectivity index (χ4v) is 9.34. The Kier molecular flexibility index (Phi) is 3.13. The van der Waals surface area contributed by atoms with Crippen molar-refractivity contribution in [2.75, 3.05) is 4.90 Å². The summed E-state index contributed by atoms with van der Waals surface area (Å²) in [6.45, 7) is 4.75. The number of benzene rings is 4. The number of hydrogen-bond acceptors (Lipinski definition) is 2. The van der Waals surface area contributed by atoms with Gasteiger partial charge in [0, 0.05) is 27.8 Å². The quantitative estimate of drug-likeness (QED) is 0.182. The van der Waals surface area contributed by atoms with Crippen molar-refractivity contribution in [3.63, 3.8) is 0 Å². The first-order valence-electron chi connectivity index (χ1n) is 15.1. The Hall–Kier alpha value is -5.42. The molecule has 5 heteroatoms. The van der Waals surface area contributed by atoms with Crippen molar-refractivity contribution >= 4 is 39.0 Å². The van der Waals surface area contributed by atoms with Gasteiger partial charge in [0.2, 0.25) is 5.69 Å². The van der Waals surface area contributed by atoms with Gasteiger partial charge in [-0.25, -0.2) is 0 Å². The molecule has 0 saturated heterocycles. The molecule has 3 aromatic heterocycles. The molecule has 5 aliphatic rings. The second-order valence-electron chi connectivity index (χ2n) is 13.0. The summed E-state index contributed by atoms with van der Waals surface area (Å²) < 4.78 is 14.5. The highest BCUT2D eigenvalue weighted by molar-refractivity contribution is 6.12. The first kappa shape index (κ1) is 21.3. The van der Waals surface area contributed by atoms with Crippen molar-refractivity contribution in [2.45, 2.75) is 24.9 Å². The molecular formula is C38H24N4O+2. The molecule has 0 aliphatic carbocycles. The standard InChI is InChI=1S/C38H24N4O/c1-37(2)23-10-4-6-12-26(23)40-30-15-7-14-29-33(30)38-34-31(20-17-22-21-9-3-5-11-25(21)39(29)35(22)34)43-32-16-8-13-27(41(32)38)28-19-18-24(37)36(40)42(28)38/h3-20H,1-2H3/q+2. The van der Waals surface area contributed by atoms with Gasteiger partial charge >= 0.3 is 11.5 Å². The Bertz CT molecular complexity index is 2540. The number of pyridine rings is 2. The second-order valence-corrected chi connectivity index (χ2v) is 13.0. The van der Waals surface area contributed by atoms with Crippen molar-refractivity contribution in [3.8, 4) is 28.7 Å². The largest absolute Gasteiger partial charge is 0.404 e. The van der Waals surface area contributed by atoms with Crippen LogP contribution >= 0.6 is 0 Å². The molecule has 1 unspecified atom stereocenters. The molecule has 4 aromatic carbocycles. The zero-order valence-electron chi connectivity index (χ0n) is 23.6.